The average molecular weight is 338 g/mol. The van der Waals surface area contributed by atoms with E-state index in [0.717, 1.165) is 32.8 Å². The minimum absolute atomic E-state index is 0.135. The molecular weight excluding hydrogens is 308 g/mol. The zero-order valence-corrected chi connectivity index (χ0v) is 16.0. The van der Waals surface area contributed by atoms with Gasteiger partial charge in [0.15, 0.2) is 0 Å². The molecule has 3 heteroatoms. The summed E-state index contributed by atoms with van der Waals surface area (Å²) in [6.07, 6.45) is 0. The molecular formula is C22H30N2O. The summed E-state index contributed by atoms with van der Waals surface area (Å²) in [7, 11) is 2.17. The molecule has 0 atom stereocenters. The molecule has 1 fully saturated rings. The number of rotatable bonds is 4. The molecule has 134 valence electrons. The zero-order chi connectivity index (χ0) is 17.9. The van der Waals surface area contributed by atoms with E-state index in [9.17, 15) is 0 Å². The first-order chi connectivity index (χ1) is 11.9. The molecule has 1 aliphatic heterocycles. The molecule has 0 spiro atoms. The molecule has 0 aliphatic carbocycles. The van der Waals surface area contributed by atoms with Crippen molar-refractivity contribution < 1.29 is 4.74 Å². The first-order valence-corrected chi connectivity index (χ1v) is 9.17. The van der Waals surface area contributed by atoms with Gasteiger partial charge in [-0.1, -0.05) is 45.0 Å². The molecule has 0 N–H and O–H groups in total. The van der Waals surface area contributed by atoms with Gasteiger partial charge in [-0.3, -0.25) is 0 Å². The zero-order valence-electron chi connectivity index (χ0n) is 16.0. The van der Waals surface area contributed by atoms with Crippen LogP contribution in [0.5, 0.6) is 0 Å². The summed E-state index contributed by atoms with van der Waals surface area (Å²) in [5, 5.41) is 0. The first kappa shape index (κ1) is 17.8. The highest BCUT2D eigenvalue weighted by Gasteiger charge is 2.21. The van der Waals surface area contributed by atoms with Gasteiger partial charge in [0.25, 0.3) is 0 Å². The van der Waals surface area contributed by atoms with E-state index in [1.54, 1.807) is 0 Å². The Hall–Kier alpha value is -2.00. The van der Waals surface area contributed by atoms with E-state index >= 15 is 0 Å². The van der Waals surface area contributed by atoms with Crippen molar-refractivity contribution in [2.75, 3.05) is 43.2 Å². The number of para-hydroxylation sites is 1. The fourth-order valence-corrected chi connectivity index (χ4v) is 3.49. The van der Waals surface area contributed by atoms with E-state index in [0.29, 0.717) is 0 Å². The predicted molar refractivity (Wildman–Crippen MR) is 107 cm³/mol. The molecule has 0 unspecified atom stereocenters. The molecule has 0 aromatic heterocycles. The summed E-state index contributed by atoms with van der Waals surface area (Å²) in [4.78, 5) is 4.76. The molecule has 0 saturated carbocycles. The lowest BCUT2D eigenvalue weighted by molar-refractivity contribution is 0.122. The third-order valence-corrected chi connectivity index (χ3v) is 4.88. The summed E-state index contributed by atoms with van der Waals surface area (Å²) in [5.41, 5.74) is 5.53. The van der Waals surface area contributed by atoms with Gasteiger partial charge in [-0.2, -0.15) is 0 Å². The second-order valence-electron chi connectivity index (χ2n) is 7.88. The van der Waals surface area contributed by atoms with Gasteiger partial charge < -0.3 is 14.5 Å². The van der Waals surface area contributed by atoms with Crippen molar-refractivity contribution in [3.8, 4) is 0 Å². The van der Waals surface area contributed by atoms with E-state index < -0.39 is 0 Å². The largest absolute Gasteiger partial charge is 0.378 e. The maximum Gasteiger partial charge on any atom is 0.0642 e. The smallest absolute Gasteiger partial charge is 0.0642 e. The van der Waals surface area contributed by atoms with E-state index in [-0.39, 0.29) is 5.41 Å². The first-order valence-electron chi connectivity index (χ1n) is 9.17. The van der Waals surface area contributed by atoms with Gasteiger partial charge in [-0.25, -0.2) is 0 Å². The Balaban J connectivity index is 1.90. The SMILES string of the molecule is CN(Cc1cc(N2CCOCC2)ccc1C(C)(C)C)c1ccccc1. The molecule has 25 heavy (non-hydrogen) atoms. The third-order valence-electron chi connectivity index (χ3n) is 4.88. The Morgan fingerprint density at radius 2 is 1.68 bits per heavy atom. The van der Waals surface area contributed by atoms with Gasteiger partial charge in [0.2, 0.25) is 0 Å². The van der Waals surface area contributed by atoms with Gasteiger partial charge in [0, 0.05) is 38.1 Å². The van der Waals surface area contributed by atoms with Crippen LogP contribution in [0.4, 0.5) is 11.4 Å². The van der Waals surface area contributed by atoms with E-state index in [2.05, 4.69) is 86.1 Å². The summed E-state index contributed by atoms with van der Waals surface area (Å²) in [6, 6.07) is 17.6. The van der Waals surface area contributed by atoms with Gasteiger partial charge in [0.1, 0.15) is 0 Å². The van der Waals surface area contributed by atoms with Crippen LogP contribution in [-0.4, -0.2) is 33.4 Å². The highest BCUT2D eigenvalue weighted by molar-refractivity contribution is 5.54. The summed E-state index contributed by atoms with van der Waals surface area (Å²) in [6.45, 7) is 11.4. The Kier molecular flexibility index (Phi) is 5.33. The molecule has 0 bridgehead atoms. The molecule has 0 radical (unpaired) electrons. The number of morpholine rings is 1. The molecule has 1 heterocycles. The highest BCUT2D eigenvalue weighted by Crippen LogP contribution is 2.31. The van der Waals surface area contributed by atoms with Gasteiger partial charge in [-0.15, -0.1) is 0 Å². The molecule has 1 saturated heterocycles. The summed E-state index contributed by atoms with van der Waals surface area (Å²) < 4.78 is 5.50. The Labute approximate surface area is 152 Å². The Morgan fingerprint density at radius 1 is 1.00 bits per heavy atom. The van der Waals surface area contributed by atoms with Crippen LogP contribution in [-0.2, 0) is 16.7 Å². The van der Waals surface area contributed by atoms with Crippen LogP contribution in [0, 0.1) is 0 Å². The normalized spacial score (nSPS) is 15.3. The highest BCUT2D eigenvalue weighted by atomic mass is 16.5. The van der Waals surface area contributed by atoms with E-state index in [1.165, 1.54) is 22.5 Å². The molecule has 3 rings (SSSR count). The number of benzene rings is 2. The second kappa shape index (κ2) is 7.49. The number of hydrogen-bond donors (Lipinski definition) is 0. The number of nitrogens with zero attached hydrogens (tertiary/aromatic N) is 2. The van der Waals surface area contributed by atoms with Crippen LogP contribution >= 0.6 is 0 Å². The lowest BCUT2D eigenvalue weighted by atomic mass is 9.83. The van der Waals surface area contributed by atoms with Crippen molar-refractivity contribution in [3.63, 3.8) is 0 Å². The van der Waals surface area contributed by atoms with Crippen molar-refractivity contribution in [2.45, 2.75) is 32.7 Å². The molecule has 2 aromatic rings. The summed E-state index contributed by atoms with van der Waals surface area (Å²) >= 11 is 0. The molecule has 1 aliphatic rings. The quantitative estimate of drug-likeness (QED) is 0.819. The van der Waals surface area contributed by atoms with Crippen molar-refractivity contribution in [3.05, 3.63) is 59.7 Å². The van der Waals surface area contributed by atoms with Gasteiger partial charge in [0.05, 0.1) is 13.2 Å². The topological polar surface area (TPSA) is 15.7 Å². The Morgan fingerprint density at radius 3 is 2.32 bits per heavy atom. The van der Waals surface area contributed by atoms with Crippen molar-refractivity contribution >= 4 is 11.4 Å². The molecule has 3 nitrogen and oxygen atoms in total. The Bertz CT molecular complexity index is 685. The average Bonchev–Trinajstić information content (AvgIpc) is 2.62. The van der Waals surface area contributed by atoms with Gasteiger partial charge in [-0.05, 0) is 40.8 Å². The maximum atomic E-state index is 5.50. The fraction of sp³-hybridized carbons (Fsp3) is 0.455. The van der Waals surface area contributed by atoms with Crippen LogP contribution in [0.1, 0.15) is 31.9 Å². The van der Waals surface area contributed by atoms with E-state index in [4.69, 9.17) is 4.74 Å². The van der Waals surface area contributed by atoms with Gasteiger partial charge >= 0.3 is 0 Å². The standard InChI is InChI=1S/C22H30N2O/c1-22(2,3)21-11-10-20(24-12-14-25-15-13-24)16-18(21)17-23(4)19-8-6-5-7-9-19/h5-11,16H,12-15,17H2,1-4H3. The predicted octanol–water partition coefficient (Wildman–Crippen LogP) is 4.46. The third kappa shape index (κ3) is 4.35. The number of ether oxygens (including phenoxy) is 1. The van der Waals surface area contributed by atoms with Crippen molar-refractivity contribution in [1.82, 2.24) is 0 Å². The maximum absolute atomic E-state index is 5.50. The van der Waals surface area contributed by atoms with Crippen molar-refractivity contribution in [1.29, 1.82) is 0 Å². The van der Waals surface area contributed by atoms with E-state index in [1.807, 2.05) is 0 Å². The van der Waals surface area contributed by atoms with Crippen molar-refractivity contribution in [2.24, 2.45) is 0 Å². The lowest BCUT2D eigenvalue weighted by Gasteiger charge is -2.32. The fourth-order valence-electron chi connectivity index (χ4n) is 3.49. The van der Waals surface area contributed by atoms with Crippen LogP contribution in [0.3, 0.4) is 0 Å². The lowest BCUT2D eigenvalue weighted by Crippen LogP contribution is -2.36. The number of hydrogen-bond acceptors (Lipinski definition) is 3. The molecule has 2 aromatic carbocycles. The molecule has 0 amide bonds. The second-order valence-corrected chi connectivity index (χ2v) is 7.88. The monoisotopic (exact) mass is 338 g/mol. The minimum atomic E-state index is 0.135. The number of anilines is 2. The van der Waals surface area contributed by atoms with Crippen LogP contribution in [0.15, 0.2) is 48.5 Å². The van der Waals surface area contributed by atoms with Crippen LogP contribution in [0.2, 0.25) is 0 Å². The van der Waals surface area contributed by atoms with Crippen LogP contribution in [0.25, 0.3) is 0 Å². The summed E-state index contributed by atoms with van der Waals surface area (Å²) in [5.74, 6) is 0. The minimum Gasteiger partial charge on any atom is -0.378 e. The van der Waals surface area contributed by atoms with Crippen LogP contribution < -0.4 is 9.80 Å².